The molecule has 0 bridgehead atoms. The third-order valence-corrected chi connectivity index (χ3v) is 4.52. The van der Waals surface area contributed by atoms with Crippen molar-refractivity contribution >= 4 is 28.1 Å². The van der Waals surface area contributed by atoms with Gasteiger partial charge >= 0.3 is 0 Å². The molecule has 3 rings (SSSR count). The normalized spacial score (nSPS) is 11.0. The fourth-order valence-electron chi connectivity index (χ4n) is 1.82. The van der Waals surface area contributed by atoms with Crippen molar-refractivity contribution in [2.45, 2.75) is 17.6 Å². The Hall–Kier alpha value is -1.59. The van der Waals surface area contributed by atoms with Crippen molar-refractivity contribution in [2.75, 3.05) is 0 Å². The number of aromatic nitrogens is 2. The number of benzene rings is 1. The summed E-state index contributed by atoms with van der Waals surface area (Å²) in [5, 5.41) is 1.88. The van der Waals surface area contributed by atoms with Crippen LogP contribution in [-0.4, -0.2) is 9.38 Å². The molecule has 0 aliphatic rings. The molecule has 2 aromatic heterocycles. The van der Waals surface area contributed by atoms with E-state index in [-0.39, 0.29) is 5.56 Å². The minimum absolute atomic E-state index is 0.00825. The maximum atomic E-state index is 11.8. The van der Waals surface area contributed by atoms with E-state index in [2.05, 4.69) is 30.1 Å². The number of hydrogen-bond donors (Lipinski definition) is 0. The van der Waals surface area contributed by atoms with Gasteiger partial charge in [-0.2, -0.15) is 0 Å². The highest BCUT2D eigenvalue weighted by molar-refractivity contribution is 7.98. The minimum Gasteiger partial charge on any atom is -0.269 e. The first-order chi connectivity index (χ1) is 9.22. The van der Waals surface area contributed by atoms with Crippen molar-refractivity contribution in [2.24, 2.45) is 0 Å². The molecule has 2 heterocycles. The predicted octanol–water partition coefficient (Wildman–Crippen LogP) is 3.36. The summed E-state index contributed by atoms with van der Waals surface area (Å²) in [7, 11) is 0. The Kier molecular flexibility index (Phi) is 3.40. The van der Waals surface area contributed by atoms with Crippen molar-refractivity contribution in [3.05, 3.63) is 63.5 Å². The number of aryl methyl sites for hydroxylation is 1. The van der Waals surface area contributed by atoms with Gasteiger partial charge in [-0.25, -0.2) is 4.98 Å². The molecule has 0 N–H and O–H groups in total. The lowest BCUT2D eigenvalue weighted by Gasteiger charge is -2.02. The van der Waals surface area contributed by atoms with Gasteiger partial charge in [0.25, 0.3) is 5.56 Å². The van der Waals surface area contributed by atoms with Crippen LogP contribution in [0.5, 0.6) is 0 Å². The van der Waals surface area contributed by atoms with Crippen molar-refractivity contribution in [1.29, 1.82) is 0 Å². The molecule has 0 fully saturated rings. The topological polar surface area (TPSA) is 34.4 Å². The van der Waals surface area contributed by atoms with E-state index in [0.717, 1.165) is 10.7 Å². The quantitative estimate of drug-likeness (QED) is 0.693. The first-order valence-corrected chi connectivity index (χ1v) is 7.74. The Morgan fingerprint density at radius 3 is 3.11 bits per heavy atom. The molecule has 0 aliphatic heterocycles. The zero-order valence-electron chi connectivity index (χ0n) is 10.4. The Morgan fingerprint density at radius 2 is 2.26 bits per heavy atom. The first-order valence-electron chi connectivity index (χ1n) is 5.87. The van der Waals surface area contributed by atoms with Gasteiger partial charge in [-0.05, 0) is 19.1 Å². The van der Waals surface area contributed by atoms with E-state index in [1.54, 1.807) is 28.4 Å². The Bertz CT molecular complexity index is 776. The lowest BCUT2D eigenvalue weighted by Crippen LogP contribution is -2.12. The highest BCUT2D eigenvalue weighted by atomic mass is 32.2. The molecule has 3 aromatic rings. The molecule has 96 valence electrons. The number of thioether (sulfide) groups is 1. The summed E-state index contributed by atoms with van der Waals surface area (Å²) in [5.41, 5.74) is 2.07. The van der Waals surface area contributed by atoms with Crippen LogP contribution < -0.4 is 5.56 Å². The smallest absolute Gasteiger partial charge is 0.258 e. The SMILES string of the molecule is Cc1cccc(SCc2cc(=O)n3ccsc3n2)c1. The van der Waals surface area contributed by atoms with Gasteiger partial charge in [-0.15, -0.1) is 23.1 Å². The zero-order valence-corrected chi connectivity index (χ0v) is 12.0. The molecular formula is C14H12N2OS2. The number of hydrogen-bond acceptors (Lipinski definition) is 4. The standard InChI is InChI=1S/C14H12N2OS2/c1-10-3-2-4-12(7-10)19-9-11-8-13(17)16-5-6-18-14(16)15-11/h2-8H,9H2,1H3. The summed E-state index contributed by atoms with van der Waals surface area (Å²) in [5.74, 6) is 0.715. The van der Waals surface area contributed by atoms with Gasteiger partial charge in [0, 0.05) is 28.3 Å². The fourth-order valence-corrected chi connectivity index (χ4v) is 3.47. The van der Waals surface area contributed by atoms with Crippen LogP contribution in [0.3, 0.4) is 0 Å². The number of rotatable bonds is 3. The van der Waals surface area contributed by atoms with Gasteiger partial charge in [0.15, 0.2) is 4.96 Å². The molecule has 0 aliphatic carbocycles. The minimum atomic E-state index is -0.00825. The average molecular weight is 288 g/mol. The second kappa shape index (κ2) is 5.19. The van der Waals surface area contributed by atoms with Gasteiger partial charge in [0.1, 0.15) is 0 Å². The average Bonchev–Trinajstić information content (AvgIpc) is 2.85. The monoisotopic (exact) mass is 288 g/mol. The molecular weight excluding hydrogens is 276 g/mol. The van der Waals surface area contributed by atoms with Crippen LogP contribution in [-0.2, 0) is 5.75 Å². The number of nitrogens with zero attached hydrogens (tertiary/aromatic N) is 2. The van der Waals surface area contributed by atoms with Gasteiger partial charge in [0.05, 0.1) is 5.69 Å². The van der Waals surface area contributed by atoms with Gasteiger partial charge in [0.2, 0.25) is 0 Å². The molecule has 0 amide bonds. The third kappa shape index (κ3) is 2.72. The molecule has 0 spiro atoms. The van der Waals surface area contributed by atoms with E-state index >= 15 is 0 Å². The van der Waals surface area contributed by atoms with Crippen molar-refractivity contribution < 1.29 is 0 Å². The van der Waals surface area contributed by atoms with Crippen LogP contribution in [0.1, 0.15) is 11.3 Å². The third-order valence-electron chi connectivity index (χ3n) is 2.73. The Balaban J connectivity index is 1.83. The predicted molar refractivity (Wildman–Crippen MR) is 80.1 cm³/mol. The molecule has 0 atom stereocenters. The van der Waals surface area contributed by atoms with Crippen LogP contribution in [0.4, 0.5) is 0 Å². The molecule has 5 heteroatoms. The summed E-state index contributed by atoms with van der Waals surface area (Å²) < 4.78 is 1.57. The van der Waals surface area contributed by atoms with Crippen molar-refractivity contribution in [1.82, 2.24) is 9.38 Å². The van der Waals surface area contributed by atoms with Gasteiger partial charge < -0.3 is 0 Å². The zero-order chi connectivity index (χ0) is 13.2. The molecule has 0 saturated heterocycles. The molecule has 3 nitrogen and oxygen atoms in total. The molecule has 0 unspecified atom stereocenters. The van der Waals surface area contributed by atoms with E-state index < -0.39 is 0 Å². The van der Waals surface area contributed by atoms with E-state index in [1.165, 1.54) is 21.8 Å². The number of thiazole rings is 1. The molecule has 0 radical (unpaired) electrons. The second-order valence-electron chi connectivity index (χ2n) is 4.25. The lowest BCUT2D eigenvalue weighted by molar-refractivity contribution is 1.04. The maximum absolute atomic E-state index is 11.8. The van der Waals surface area contributed by atoms with Gasteiger partial charge in [-0.1, -0.05) is 17.7 Å². The van der Waals surface area contributed by atoms with Gasteiger partial charge in [-0.3, -0.25) is 9.20 Å². The van der Waals surface area contributed by atoms with E-state index in [1.807, 2.05) is 11.4 Å². The van der Waals surface area contributed by atoms with Crippen LogP contribution in [0, 0.1) is 6.92 Å². The van der Waals surface area contributed by atoms with Crippen LogP contribution in [0.25, 0.3) is 4.96 Å². The van der Waals surface area contributed by atoms with Crippen LogP contribution in [0.2, 0.25) is 0 Å². The van der Waals surface area contributed by atoms with Crippen LogP contribution in [0.15, 0.2) is 51.6 Å². The lowest BCUT2D eigenvalue weighted by atomic mass is 10.2. The van der Waals surface area contributed by atoms with E-state index in [0.29, 0.717) is 5.75 Å². The summed E-state index contributed by atoms with van der Waals surface area (Å²) in [4.78, 5) is 18.3. The van der Waals surface area contributed by atoms with Crippen molar-refractivity contribution in [3.8, 4) is 0 Å². The highest BCUT2D eigenvalue weighted by Crippen LogP contribution is 2.22. The van der Waals surface area contributed by atoms with Crippen LogP contribution >= 0.6 is 23.1 Å². The summed E-state index contributed by atoms with van der Waals surface area (Å²) >= 11 is 3.18. The summed E-state index contributed by atoms with van der Waals surface area (Å²) in [6, 6.07) is 9.95. The summed E-state index contributed by atoms with van der Waals surface area (Å²) in [6.45, 7) is 2.08. The summed E-state index contributed by atoms with van der Waals surface area (Å²) in [6.07, 6.45) is 1.76. The maximum Gasteiger partial charge on any atom is 0.258 e. The molecule has 0 saturated carbocycles. The Labute approximate surface area is 118 Å². The highest BCUT2D eigenvalue weighted by Gasteiger charge is 2.04. The second-order valence-corrected chi connectivity index (χ2v) is 6.17. The molecule has 1 aromatic carbocycles. The fraction of sp³-hybridized carbons (Fsp3) is 0.143. The number of fused-ring (bicyclic) bond motifs is 1. The van der Waals surface area contributed by atoms with Crippen molar-refractivity contribution in [3.63, 3.8) is 0 Å². The first kappa shape index (κ1) is 12.4. The molecule has 19 heavy (non-hydrogen) atoms. The Morgan fingerprint density at radius 1 is 1.37 bits per heavy atom. The van der Waals surface area contributed by atoms with E-state index in [9.17, 15) is 4.79 Å². The largest absolute Gasteiger partial charge is 0.269 e. The van der Waals surface area contributed by atoms with E-state index in [4.69, 9.17) is 0 Å².